The van der Waals surface area contributed by atoms with Gasteiger partial charge in [-0.2, -0.15) is 0 Å². The minimum atomic E-state index is -0.316. The predicted molar refractivity (Wildman–Crippen MR) is 201 cm³/mol. The first-order valence-corrected chi connectivity index (χ1v) is 17.2. The lowest BCUT2D eigenvalue weighted by Crippen LogP contribution is -2.27. The molecule has 0 rings (SSSR count). The minimum Gasteiger partial charge on any atom is -0.466 e. The Morgan fingerprint density at radius 1 is 0.400 bits per heavy atom. The van der Waals surface area contributed by atoms with Crippen LogP contribution in [0, 0.1) is 0 Å². The summed E-state index contributed by atoms with van der Waals surface area (Å²) in [5.74, 6) is -0.689. The van der Waals surface area contributed by atoms with Crippen molar-refractivity contribution in [2.24, 2.45) is 0 Å². The number of rotatable bonds is 32. The van der Waals surface area contributed by atoms with Gasteiger partial charge in [0.2, 0.25) is 11.8 Å². The Kier molecular flexibility index (Phi) is 47.5. The molecule has 12 heteroatoms. The second-order valence-electron chi connectivity index (χ2n) is 11.5. The van der Waals surface area contributed by atoms with Crippen LogP contribution < -0.4 is 10.6 Å². The fourth-order valence-corrected chi connectivity index (χ4v) is 4.32. The lowest BCUT2D eigenvalue weighted by atomic mass is 10.1. The van der Waals surface area contributed by atoms with E-state index in [-0.39, 0.29) is 91.3 Å². The van der Waals surface area contributed by atoms with Crippen LogP contribution in [0.5, 0.6) is 0 Å². The minimum absolute atomic E-state index is 0. The first-order chi connectivity index (χ1) is 22.2. The molecule has 0 radical (unpaired) electrons. The number of carbonyl (C=O) groups excluding carboxylic acids is 6. The summed E-state index contributed by atoms with van der Waals surface area (Å²) >= 11 is 0. The molecule has 0 fully saturated rings. The van der Waals surface area contributed by atoms with Crippen molar-refractivity contribution >= 4 is 35.5 Å². The number of carbonyl (C=O) groups is 6. The van der Waals surface area contributed by atoms with Crippen molar-refractivity contribution in [3.05, 3.63) is 0 Å². The number of ether oxygens (including phenoxy) is 4. The zero-order valence-corrected chi connectivity index (χ0v) is 28.5. The monoisotopic (exact) mass is 721 g/mol. The first kappa shape index (κ1) is 56.4. The van der Waals surface area contributed by atoms with Gasteiger partial charge in [0.05, 0.1) is 19.8 Å². The van der Waals surface area contributed by atoms with Crippen LogP contribution in [-0.2, 0) is 47.7 Å². The van der Waals surface area contributed by atoms with Crippen molar-refractivity contribution in [1.29, 1.82) is 0 Å². The van der Waals surface area contributed by atoms with Crippen LogP contribution in [0.4, 0.5) is 0 Å². The number of Topliss-reactive ketones (excluding diaryl/α,β-unsaturated/α-hetero) is 1. The molecule has 0 aliphatic rings. The smallest absolute Gasteiger partial charge is 0.305 e. The van der Waals surface area contributed by atoms with Gasteiger partial charge in [-0.15, -0.1) is 0 Å². The third-order valence-electron chi connectivity index (χ3n) is 7.05. The van der Waals surface area contributed by atoms with Gasteiger partial charge in [-0.05, 0) is 90.4 Å². The van der Waals surface area contributed by atoms with Crippen molar-refractivity contribution in [2.75, 3.05) is 46.6 Å². The van der Waals surface area contributed by atoms with E-state index in [1.807, 2.05) is 0 Å². The van der Waals surface area contributed by atoms with Crippen molar-refractivity contribution in [2.45, 2.75) is 165 Å². The van der Waals surface area contributed by atoms with E-state index < -0.39 is 0 Å². The van der Waals surface area contributed by atoms with Gasteiger partial charge in [0.1, 0.15) is 5.78 Å². The van der Waals surface area contributed by atoms with Gasteiger partial charge in [-0.25, -0.2) is 0 Å². The molecule has 0 aromatic rings. The number of methoxy groups -OCH3 is 1. The maximum atomic E-state index is 12.0. The molecule has 0 bridgehead atoms. The third-order valence-corrected chi connectivity index (χ3v) is 7.05. The van der Waals surface area contributed by atoms with Gasteiger partial charge >= 0.3 is 17.9 Å². The molecule has 0 saturated carbocycles. The highest BCUT2D eigenvalue weighted by atomic mass is 16.5. The van der Waals surface area contributed by atoms with E-state index in [0.29, 0.717) is 90.3 Å². The number of nitrogens with one attached hydrogen (secondary N) is 2. The molecule has 50 heavy (non-hydrogen) atoms. The average molecular weight is 721 g/mol. The lowest BCUT2D eigenvalue weighted by Gasteiger charge is -2.07. The predicted octanol–water partition coefficient (Wildman–Crippen LogP) is 7.43. The SMILES string of the molecule is C.C.C.C.COCCCCCC(=O)NCCCCNC(=O)CCCCCOC(=O)CCCCC(=O)OCCCCOC(=O)CCCCC(C)=O. The Labute approximate surface area is 305 Å². The second-order valence-corrected chi connectivity index (χ2v) is 11.5. The second kappa shape index (κ2) is 42.1. The summed E-state index contributed by atoms with van der Waals surface area (Å²) < 4.78 is 20.5. The maximum absolute atomic E-state index is 12.0. The molecule has 0 aliphatic heterocycles. The number of esters is 3. The van der Waals surface area contributed by atoms with Gasteiger partial charge in [0.25, 0.3) is 0 Å². The van der Waals surface area contributed by atoms with E-state index in [9.17, 15) is 28.8 Å². The zero-order valence-electron chi connectivity index (χ0n) is 28.5. The van der Waals surface area contributed by atoms with E-state index >= 15 is 0 Å². The molecule has 298 valence electrons. The summed E-state index contributed by atoms with van der Waals surface area (Å²) in [5, 5.41) is 5.81. The Bertz CT molecular complexity index is 851. The topological polar surface area (TPSA) is 163 Å². The van der Waals surface area contributed by atoms with E-state index in [1.165, 1.54) is 6.92 Å². The maximum Gasteiger partial charge on any atom is 0.305 e. The van der Waals surface area contributed by atoms with Crippen LogP contribution in [0.3, 0.4) is 0 Å². The molecule has 0 heterocycles. The quantitative estimate of drug-likeness (QED) is 0.0406. The fourth-order valence-electron chi connectivity index (χ4n) is 4.32. The van der Waals surface area contributed by atoms with Crippen LogP contribution in [0.1, 0.15) is 165 Å². The van der Waals surface area contributed by atoms with Crippen molar-refractivity contribution < 1.29 is 47.7 Å². The van der Waals surface area contributed by atoms with Crippen LogP contribution in [0.15, 0.2) is 0 Å². The first-order valence-electron chi connectivity index (χ1n) is 17.2. The molecule has 0 unspecified atom stereocenters. The molecule has 0 atom stereocenters. The van der Waals surface area contributed by atoms with Gasteiger partial charge < -0.3 is 34.4 Å². The van der Waals surface area contributed by atoms with Crippen LogP contribution in [0.2, 0.25) is 0 Å². The van der Waals surface area contributed by atoms with Gasteiger partial charge in [0.15, 0.2) is 0 Å². The number of ketones is 1. The summed E-state index contributed by atoms with van der Waals surface area (Å²) in [6.45, 7) is 4.32. The fraction of sp³-hybridized carbons (Fsp3) is 0.842. The van der Waals surface area contributed by atoms with E-state index in [1.54, 1.807) is 7.11 Å². The molecule has 0 aromatic heterocycles. The highest BCUT2D eigenvalue weighted by Crippen LogP contribution is 2.07. The summed E-state index contributed by atoms with van der Waals surface area (Å²) in [6, 6.07) is 0. The molecule has 2 amide bonds. The van der Waals surface area contributed by atoms with E-state index in [4.69, 9.17) is 18.9 Å². The summed E-state index contributed by atoms with van der Waals surface area (Å²) in [7, 11) is 1.67. The molecule has 0 spiro atoms. The molecule has 12 nitrogen and oxygen atoms in total. The molecular weight excluding hydrogens is 644 g/mol. The average Bonchev–Trinajstić information content (AvgIpc) is 3.02. The summed E-state index contributed by atoms with van der Waals surface area (Å²) in [6.07, 6.45) is 12.5. The zero-order chi connectivity index (χ0) is 34.1. The Balaban J connectivity index is -0.00000169. The van der Waals surface area contributed by atoms with Crippen molar-refractivity contribution in [3.63, 3.8) is 0 Å². The third kappa shape index (κ3) is 43.0. The Morgan fingerprint density at radius 3 is 1.08 bits per heavy atom. The normalized spacial score (nSPS) is 9.80. The number of hydrogen-bond donors (Lipinski definition) is 2. The van der Waals surface area contributed by atoms with Crippen molar-refractivity contribution in [3.8, 4) is 0 Å². The van der Waals surface area contributed by atoms with Crippen LogP contribution in [0.25, 0.3) is 0 Å². The number of unbranched alkanes of at least 4 members (excludes halogenated alkanes) is 8. The highest BCUT2D eigenvalue weighted by Gasteiger charge is 2.08. The van der Waals surface area contributed by atoms with Gasteiger partial charge in [-0.1, -0.05) is 36.1 Å². The lowest BCUT2D eigenvalue weighted by molar-refractivity contribution is -0.146. The van der Waals surface area contributed by atoms with Gasteiger partial charge in [0, 0.05) is 65.3 Å². The summed E-state index contributed by atoms with van der Waals surface area (Å²) in [5.41, 5.74) is 0. The van der Waals surface area contributed by atoms with Crippen LogP contribution >= 0.6 is 0 Å². The highest BCUT2D eigenvalue weighted by molar-refractivity contribution is 5.76. The largest absolute Gasteiger partial charge is 0.466 e. The molecule has 0 aliphatic carbocycles. The molecular formula is C38H76N2O10. The van der Waals surface area contributed by atoms with Gasteiger partial charge in [-0.3, -0.25) is 24.0 Å². The Hall–Kier alpha value is -3.02. The molecule has 0 saturated heterocycles. The summed E-state index contributed by atoms with van der Waals surface area (Å²) in [4.78, 5) is 69.9. The van der Waals surface area contributed by atoms with E-state index in [0.717, 1.165) is 51.6 Å². The molecule has 2 N–H and O–H groups in total. The number of amides is 2. The van der Waals surface area contributed by atoms with Crippen molar-refractivity contribution in [1.82, 2.24) is 10.6 Å². The standard InChI is InChI=1S/C34H60N2O10.4CH4/c1-29(37)17-7-8-20-32(40)45-27-15-16-28-46-34(42)22-10-9-21-33(41)44-26-14-4-6-19-31(39)36-24-12-11-23-35-30(38)18-5-3-13-25-43-2;;;;/h3-28H2,1-2H3,(H,35,38)(H,36,39);4*1H4. The Morgan fingerprint density at radius 2 is 0.720 bits per heavy atom. The molecule has 0 aromatic carbocycles. The van der Waals surface area contributed by atoms with E-state index in [2.05, 4.69) is 10.6 Å². The number of hydrogen-bond acceptors (Lipinski definition) is 10. The van der Waals surface area contributed by atoms with Crippen LogP contribution in [-0.4, -0.2) is 82.1 Å².